The molecule has 0 spiro atoms. The lowest BCUT2D eigenvalue weighted by Crippen LogP contribution is -2.23. The Morgan fingerprint density at radius 3 is 2.23 bits per heavy atom. The monoisotopic (exact) mass is 366 g/mol. The summed E-state index contributed by atoms with van der Waals surface area (Å²) in [5.74, 6) is -0.182. The average molecular weight is 366 g/mol. The van der Waals surface area contributed by atoms with Crippen LogP contribution in [0.15, 0.2) is 60.0 Å². The lowest BCUT2D eigenvalue weighted by atomic mass is 10.2. The quantitative estimate of drug-likeness (QED) is 0.638. The van der Waals surface area contributed by atoms with Gasteiger partial charge in [0.25, 0.3) is 5.91 Å². The van der Waals surface area contributed by atoms with Crippen LogP contribution in [0.3, 0.4) is 0 Å². The highest BCUT2D eigenvalue weighted by Crippen LogP contribution is 2.12. The molecule has 26 heavy (non-hydrogen) atoms. The van der Waals surface area contributed by atoms with Crippen molar-refractivity contribution in [3.8, 4) is 0 Å². The SMILES string of the molecule is Cc1csc(CNC(=O)c2ccc(NC(=O)Nc3ccccc3)cc2)n1. The first kappa shape index (κ1) is 17.6. The maximum Gasteiger partial charge on any atom is 0.323 e. The molecule has 132 valence electrons. The number of urea groups is 1. The Morgan fingerprint density at radius 1 is 0.962 bits per heavy atom. The van der Waals surface area contributed by atoms with Gasteiger partial charge in [0, 0.05) is 28.0 Å². The van der Waals surface area contributed by atoms with Crippen LogP contribution in [0.5, 0.6) is 0 Å². The second-order valence-corrected chi connectivity index (χ2v) is 6.53. The first-order valence-electron chi connectivity index (χ1n) is 8.02. The topological polar surface area (TPSA) is 83.1 Å². The molecule has 0 saturated heterocycles. The largest absolute Gasteiger partial charge is 0.346 e. The van der Waals surface area contributed by atoms with E-state index in [0.717, 1.165) is 10.7 Å². The summed E-state index contributed by atoms with van der Waals surface area (Å²) in [5, 5.41) is 11.1. The van der Waals surface area contributed by atoms with Crippen molar-refractivity contribution in [1.29, 1.82) is 0 Å². The Balaban J connectivity index is 1.52. The number of hydrogen-bond acceptors (Lipinski definition) is 4. The van der Waals surface area contributed by atoms with E-state index in [2.05, 4.69) is 20.9 Å². The van der Waals surface area contributed by atoms with Gasteiger partial charge < -0.3 is 16.0 Å². The highest BCUT2D eigenvalue weighted by Gasteiger charge is 2.08. The number of carbonyl (C=O) groups is 2. The summed E-state index contributed by atoms with van der Waals surface area (Å²) < 4.78 is 0. The highest BCUT2D eigenvalue weighted by molar-refractivity contribution is 7.09. The Bertz CT molecular complexity index is 891. The fraction of sp³-hybridized carbons (Fsp3) is 0.105. The number of anilines is 2. The predicted molar refractivity (Wildman–Crippen MR) is 104 cm³/mol. The van der Waals surface area contributed by atoms with Gasteiger partial charge in [-0.1, -0.05) is 18.2 Å². The Labute approximate surface area is 155 Å². The number of para-hydroxylation sites is 1. The van der Waals surface area contributed by atoms with Gasteiger partial charge in [0.15, 0.2) is 0 Å². The summed E-state index contributed by atoms with van der Waals surface area (Å²) in [6, 6.07) is 15.5. The van der Waals surface area contributed by atoms with Crippen LogP contribution >= 0.6 is 11.3 Å². The third-order valence-corrected chi connectivity index (χ3v) is 4.47. The Hall–Kier alpha value is -3.19. The van der Waals surface area contributed by atoms with E-state index in [0.29, 0.717) is 23.5 Å². The molecule has 7 heteroatoms. The van der Waals surface area contributed by atoms with Gasteiger partial charge in [-0.2, -0.15) is 0 Å². The van der Waals surface area contributed by atoms with E-state index in [9.17, 15) is 9.59 Å². The number of rotatable bonds is 5. The molecule has 0 aliphatic rings. The van der Waals surface area contributed by atoms with Crippen LogP contribution in [0.25, 0.3) is 0 Å². The van der Waals surface area contributed by atoms with Crippen molar-refractivity contribution in [2.45, 2.75) is 13.5 Å². The minimum absolute atomic E-state index is 0.182. The van der Waals surface area contributed by atoms with Gasteiger partial charge in [0.1, 0.15) is 5.01 Å². The van der Waals surface area contributed by atoms with Gasteiger partial charge in [-0.15, -0.1) is 11.3 Å². The zero-order valence-electron chi connectivity index (χ0n) is 14.2. The Morgan fingerprint density at radius 2 is 1.62 bits per heavy atom. The summed E-state index contributed by atoms with van der Waals surface area (Å²) in [4.78, 5) is 28.4. The molecule has 2 aromatic carbocycles. The van der Waals surface area contributed by atoms with E-state index in [1.54, 1.807) is 36.4 Å². The van der Waals surface area contributed by atoms with Crippen LogP contribution in [0, 0.1) is 6.92 Å². The molecule has 0 saturated carbocycles. The third kappa shape index (κ3) is 4.90. The molecule has 0 atom stereocenters. The lowest BCUT2D eigenvalue weighted by Gasteiger charge is -2.08. The molecular weight excluding hydrogens is 348 g/mol. The number of amides is 3. The van der Waals surface area contributed by atoms with Crippen molar-refractivity contribution >= 4 is 34.6 Å². The van der Waals surface area contributed by atoms with Crippen molar-refractivity contribution in [3.63, 3.8) is 0 Å². The van der Waals surface area contributed by atoms with Crippen LogP contribution in [0.2, 0.25) is 0 Å². The van der Waals surface area contributed by atoms with Crippen LogP contribution in [0.4, 0.5) is 16.2 Å². The number of benzene rings is 2. The van der Waals surface area contributed by atoms with Crippen LogP contribution in [-0.4, -0.2) is 16.9 Å². The summed E-state index contributed by atoms with van der Waals surface area (Å²) in [5.41, 5.74) is 2.78. The number of hydrogen-bond donors (Lipinski definition) is 3. The van der Waals surface area contributed by atoms with E-state index in [4.69, 9.17) is 0 Å². The maximum atomic E-state index is 12.2. The standard InChI is InChI=1S/C19H18N4O2S/c1-13-12-26-17(21-13)11-20-18(24)14-7-9-16(10-8-14)23-19(25)22-15-5-3-2-4-6-15/h2-10,12H,11H2,1H3,(H,20,24)(H2,22,23,25). The van der Waals surface area contributed by atoms with Crippen molar-refractivity contribution < 1.29 is 9.59 Å². The molecule has 3 aromatic rings. The summed E-state index contributed by atoms with van der Waals surface area (Å²) in [6.07, 6.45) is 0. The molecule has 1 aromatic heterocycles. The molecule has 0 radical (unpaired) electrons. The number of nitrogens with zero attached hydrogens (tertiary/aromatic N) is 1. The maximum absolute atomic E-state index is 12.2. The molecule has 0 fully saturated rings. The Kier molecular flexibility index (Phi) is 5.60. The second kappa shape index (κ2) is 8.26. The zero-order valence-corrected chi connectivity index (χ0v) is 15.0. The molecule has 0 unspecified atom stereocenters. The van der Waals surface area contributed by atoms with Crippen LogP contribution < -0.4 is 16.0 Å². The average Bonchev–Trinajstić information content (AvgIpc) is 3.06. The number of aryl methyl sites for hydroxylation is 1. The van der Waals surface area contributed by atoms with Crippen molar-refractivity contribution in [2.24, 2.45) is 0 Å². The number of nitrogens with one attached hydrogen (secondary N) is 3. The highest BCUT2D eigenvalue weighted by atomic mass is 32.1. The van der Waals surface area contributed by atoms with Gasteiger partial charge in [0.05, 0.1) is 6.54 Å². The minimum Gasteiger partial charge on any atom is -0.346 e. The molecule has 0 aliphatic heterocycles. The van der Waals surface area contributed by atoms with Gasteiger partial charge in [0.2, 0.25) is 0 Å². The first-order valence-corrected chi connectivity index (χ1v) is 8.90. The molecule has 3 N–H and O–H groups in total. The third-order valence-electron chi connectivity index (χ3n) is 3.50. The summed E-state index contributed by atoms with van der Waals surface area (Å²) >= 11 is 1.52. The number of thiazole rings is 1. The van der Waals surface area contributed by atoms with E-state index in [1.165, 1.54) is 11.3 Å². The zero-order chi connectivity index (χ0) is 18.4. The van der Waals surface area contributed by atoms with Crippen LogP contribution in [0.1, 0.15) is 21.1 Å². The normalized spacial score (nSPS) is 10.2. The minimum atomic E-state index is -0.340. The van der Waals surface area contributed by atoms with Crippen molar-refractivity contribution in [2.75, 3.05) is 10.6 Å². The van der Waals surface area contributed by atoms with Gasteiger partial charge in [-0.05, 0) is 43.3 Å². The molecule has 0 aliphatic carbocycles. The van der Waals surface area contributed by atoms with E-state index < -0.39 is 0 Å². The van der Waals surface area contributed by atoms with Crippen molar-refractivity contribution in [1.82, 2.24) is 10.3 Å². The fourth-order valence-electron chi connectivity index (χ4n) is 2.26. The fourth-order valence-corrected chi connectivity index (χ4v) is 2.97. The molecule has 3 amide bonds. The summed E-state index contributed by atoms with van der Waals surface area (Å²) in [6.45, 7) is 2.32. The molecule has 6 nitrogen and oxygen atoms in total. The molecule has 3 rings (SSSR count). The number of carbonyl (C=O) groups excluding carboxylic acids is 2. The first-order chi connectivity index (χ1) is 12.6. The summed E-state index contributed by atoms with van der Waals surface area (Å²) in [7, 11) is 0. The molecular formula is C19H18N4O2S. The molecule has 1 heterocycles. The van der Waals surface area contributed by atoms with Gasteiger partial charge in [-0.25, -0.2) is 9.78 Å². The number of aromatic nitrogens is 1. The molecule has 0 bridgehead atoms. The van der Waals surface area contributed by atoms with E-state index in [1.807, 2.05) is 30.5 Å². The lowest BCUT2D eigenvalue weighted by molar-refractivity contribution is 0.0951. The van der Waals surface area contributed by atoms with E-state index in [-0.39, 0.29) is 11.9 Å². The second-order valence-electron chi connectivity index (χ2n) is 5.59. The smallest absolute Gasteiger partial charge is 0.323 e. The van der Waals surface area contributed by atoms with Gasteiger partial charge >= 0.3 is 6.03 Å². The van der Waals surface area contributed by atoms with Crippen LogP contribution in [-0.2, 0) is 6.54 Å². The predicted octanol–water partition coefficient (Wildman–Crippen LogP) is 4.03. The van der Waals surface area contributed by atoms with E-state index >= 15 is 0 Å². The van der Waals surface area contributed by atoms with Crippen molar-refractivity contribution in [3.05, 3.63) is 76.2 Å². The van der Waals surface area contributed by atoms with Gasteiger partial charge in [-0.3, -0.25) is 4.79 Å².